The molecular formula is C11H13FN2O2. The van der Waals surface area contributed by atoms with Crippen molar-refractivity contribution >= 4 is 11.6 Å². The molecule has 1 fully saturated rings. The van der Waals surface area contributed by atoms with Gasteiger partial charge in [0.05, 0.1) is 18.8 Å². The van der Waals surface area contributed by atoms with Crippen LogP contribution in [0.25, 0.3) is 0 Å². The Hall–Kier alpha value is -1.78. The number of carbonyl (C=O) groups is 1. The zero-order valence-corrected chi connectivity index (χ0v) is 8.92. The molecule has 1 amide bonds. The molecule has 16 heavy (non-hydrogen) atoms. The highest BCUT2D eigenvalue weighted by Gasteiger charge is 2.27. The number of nitrogens with one attached hydrogen (secondary N) is 1. The largest absolute Gasteiger partial charge is 0.496 e. The van der Waals surface area contributed by atoms with Gasteiger partial charge in [-0.1, -0.05) is 0 Å². The van der Waals surface area contributed by atoms with Crippen molar-refractivity contribution in [1.29, 1.82) is 0 Å². The van der Waals surface area contributed by atoms with E-state index in [4.69, 9.17) is 10.5 Å². The molecule has 1 unspecified atom stereocenters. The van der Waals surface area contributed by atoms with Crippen LogP contribution in [0.3, 0.4) is 0 Å². The van der Waals surface area contributed by atoms with Crippen LogP contribution >= 0.6 is 0 Å². The third-order valence-corrected chi connectivity index (χ3v) is 2.76. The number of benzene rings is 1. The first-order chi connectivity index (χ1) is 7.63. The monoisotopic (exact) mass is 224 g/mol. The van der Waals surface area contributed by atoms with E-state index in [2.05, 4.69) is 5.32 Å². The van der Waals surface area contributed by atoms with Gasteiger partial charge < -0.3 is 15.8 Å². The van der Waals surface area contributed by atoms with Gasteiger partial charge in [0.2, 0.25) is 5.91 Å². The molecule has 0 aliphatic carbocycles. The van der Waals surface area contributed by atoms with Gasteiger partial charge in [0.15, 0.2) is 0 Å². The van der Waals surface area contributed by atoms with Gasteiger partial charge in [-0.25, -0.2) is 4.39 Å². The number of rotatable bonds is 2. The Morgan fingerprint density at radius 2 is 2.31 bits per heavy atom. The fourth-order valence-electron chi connectivity index (χ4n) is 1.96. The van der Waals surface area contributed by atoms with Crippen LogP contribution in [-0.4, -0.2) is 13.0 Å². The maximum Gasteiger partial charge on any atom is 0.220 e. The minimum Gasteiger partial charge on any atom is -0.496 e. The number of anilines is 1. The maximum atomic E-state index is 13.4. The molecule has 1 heterocycles. The summed E-state index contributed by atoms with van der Waals surface area (Å²) in [6.45, 7) is 0. The average Bonchev–Trinajstić information content (AvgIpc) is 2.68. The summed E-state index contributed by atoms with van der Waals surface area (Å²) in [5.41, 5.74) is 6.26. The standard InChI is InChI=1S/C11H13FN2O2/c1-16-8-4-2-6(12)11(13)10(8)7-3-5-9(15)14-7/h2,4,7H,3,5,13H2,1H3,(H,14,15). The molecule has 3 N–H and O–H groups in total. The fourth-order valence-corrected chi connectivity index (χ4v) is 1.96. The van der Waals surface area contributed by atoms with Crippen LogP contribution in [0.15, 0.2) is 12.1 Å². The smallest absolute Gasteiger partial charge is 0.220 e. The lowest BCUT2D eigenvalue weighted by atomic mass is 10.0. The number of amides is 1. The van der Waals surface area contributed by atoms with Crippen molar-refractivity contribution in [3.05, 3.63) is 23.5 Å². The van der Waals surface area contributed by atoms with Gasteiger partial charge in [0, 0.05) is 12.0 Å². The molecule has 2 rings (SSSR count). The first-order valence-electron chi connectivity index (χ1n) is 5.04. The van der Waals surface area contributed by atoms with E-state index in [1.165, 1.54) is 19.2 Å². The fraction of sp³-hybridized carbons (Fsp3) is 0.364. The lowest BCUT2D eigenvalue weighted by molar-refractivity contribution is -0.119. The average molecular weight is 224 g/mol. The summed E-state index contributed by atoms with van der Waals surface area (Å²) in [5, 5.41) is 2.75. The summed E-state index contributed by atoms with van der Waals surface area (Å²) in [7, 11) is 1.49. The number of nitrogen functional groups attached to an aromatic ring is 1. The van der Waals surface area contributed by atoms with Gasteiger partial charge in [-0.2, -0.15) is 0 Å². The van der Waals surface area contributed by atoms with Crippen LogP contribution in [0.2, 0.25) is 0 Å². The minimum absolute atomic E-state index is 0.0456. The van der Waals surface area contributed by atoms with Crippen molar-refractivity contribution < 1.29 is 13.9 Å². The van der Waals surface area contributed by atoms with Crippen molar-refractivity contribution in [1.82, 2.24) is 5.32 Å². The van der Waals surface area contributed by atoms with Gasteiger partial charge in [-0.05, 0) is 18.6 Å². The quantitative estimate of drug-likeness (QED) is 0.746. The van der Waals surface area contributed by atoms with Crippen molar-refractivity contribution in [3.63, 3.8) is 0 Å². The summed E-state index contributed by atoms with van der Waals surface area (Å²) in [4.78, 5) is 11.1. The molecule has 0 bridgehead atoms. The molecule has 86 valence electrons. The number of hydrogen-bond acceptors (Lipinski definition) is 3. The van der Waals surface area contributed by atoms with Crippen LogP contribution in [0.1, 0.15) is 24.4 Å². The molecule has 1 aliphatic rings. The Labute approximate surface area is 92.6 Å². The molecule has 4 nitrogen and oxygen atoms in total. The summed E-state index contributed by atoms with van der Waals surface area (Å²) in [5.74, 6) is -0.0289. The SMILES string of the molecule is COc1ccc(F)c(N)c1C1CCC(=O)N1. The molecule has 0 saturated carbocycles. The Balaban J connectivity index is 2.45. The third-order valence-electron chi connectivity index (χ3n) is 2.76. The number of carbonyl (C=O) groups excluding carboxylic acids is 1. The van der Waals surface area contributed by atoms with Crippen molar-refractivity contribution in [2.45, 2.75) is 18.9 Å². The zero-order chi connectivity index (χ0) is 11.7. The van der Waals surface area contributed by atoms with Crippen molar-refractivity contribution in [2.75, 3.05) is 12.8 Å². The van der Waals surface area contributed by atoms with Gasteiger partial charge in [0.25, 0.3) is 0 Å². The van der Waals surface area contributed by atoms with E-state index in [1.807, 2.05) is 0 Å². The molecule has 1 atom stereocenters. The Morgan fingerprint density at radius 3 is 2.88 bits per heavy atom. The molecule has 0 spiro atoms. The maximum absolute atomic E-state index is 13.4. The Bertz CT molecular complexity index is 434. The third kappa shape index (κ3) is 1.68. The molecular weight excluding hydrogens is 211 g/mol. The topological polar surface area (TPSA) is 64.3 Å². The van der Waals surface area contributed by atoms with Gasteiger partial charge >= 0.3 is 0 Å². The highest BCUT2D eigenvalue weighted by Crippen LogP contribution is 2.36. The molecule has 1 aromatic carbocycles. The minimum atomic E-state index is -0.489. The summed E-state index contributed by atoms with van der Waals surface area (Å²) >= 11 is 0. The normalized spacial score (nSPS) is 19.6. The van der Waals surface area contributed by atoms with Gasteiger partial charge in [-0.3, -0.25) is 4.79 Å². The molecule has 1 saturated heterocycles. The molecule has 5 heteroatoms. The van der Waals surface area contributed by atoms with E-state index in [9.17, 15) is 9.18 Å². The van der Waals surface area contributed by atoms with E-state index in [1.54, 1.807) is 0 Å². The molecule has 1 aromatic rings. The first-order valence-corrected chi connectivity index (χ1v) is 5.04. The Kier molecular flexibility index (Phi) is 2.68. The van der Waals surface area contributed by atoms with E-state index < -0.39 is 5.82 Å². The predicted octanol–water partition coefficient (Wildman–Crippen LogP) is 1.37. The number of halogens is 1. The lowest BCUT2D eigenvalue weighted by Crippen LogP contribution is -2.20. The van der Waals surface area contributed by atoms with Crippen molar-refractivity contribution in [2.24, 2.45) is 0 Å². The van der Waals surface area contributed by atoms with Gasteiger partial charge in [0.1, 0.15) is 11.6 Å². The van der Waals surface area contributed by atoms with Crippen LogP contribution in [0.4, 0.5) is 10.1 Å². The summed E-state index contributed by atoms with van der Waals surface area (Å²) in [6.07, 6.45) is 1.05. The van der Waals surface area contributed by atoms with Crippen LogP contribution in [0, 0.1) is 5.82 Å². The van der Waals surface area contributed by atoms with E-state index in [0.29, 0.717) is 24.2 Å². The first kappa shape index (κ1) is 10.7. The molecule has 0 aromatic heterocycles. The highest BCUT2D eigenvalue weighted by molar-refractivity contribution is 5.79. The number of ether oxygens (including phenoxy) is 1. The second-order valence-corrected chi connectivity index (χ2v) is 3.74. The van der Waals surface area contributed by atoms with E-state index >= 15 is 0 Å². The predicted molar refractivity (Wildman–Crippen MR) is 57.5 cm³/mol. The summed E-state index contributed by atoms with van der Waals surface area (Å²) < 4.78 is 18.5. The number of nitrogens with two attached hydrogens (primary N) is 1. The van der Waals surface area contributed by atoms with Crippen LogP contribution in [0.5, 0.6) is 5.75 Å². The van der Waals surface area contributed by atoms with Crippen molar-refractivity contribution in [3.8, 4) is 5.75 Å². The van der Waals surface area contributed by atoms with E-state index in [0.717, 1.165) is 0 Å². The molecule has 1 aliphatic heterocycles. The zero-order valence-electron chi connectivity index (χ0n) is 8.92. The Morgan fingerprint density at radius 1 is 1.56 bits per heavy atom. The highest BCUT2D eigenvalue weighted by atomic mass is 19.1. The number of methoxy groups -OCH3 is 1. The van der Waals surface area contributed by atoms with Gasteiger partial charge in [-0.15, -0.1) is 0 Å². The van der Waals surface area contributed by atoms with Crippen LogP contribution in [-0.2, 0) is 4.79 Å². The second kappa shape index (κ2) is 4.00. The number of hydrogen-bond donors (Lipinski definition) is 2. The van der Waals surface area contributed by atoms with E-state index in [-0.39, 0.29) is 17.6 Å². The summed E-state index contributed by atoms with van der Waals surface area (Å²) in [6, 6.07) is 2.53. The van der Waals surface area contributed by atoms with Crippen LogP contribution < -0.4 is 15.8 Å². The lowest BCUT2D eigenvalue weighted by Gasteiger charge is -2.17. The molecule has 0 radical (unpaired) electrons. The second-order valence-electron chi connectivity index (χ2n) is 3.74.